The Morgan fingerprint density at radius 3 is 3.00 bits per heavy atom. The van der Waals surface area contributed by atoms with Gasteiger partial charge in [-0.1, -0.05) is 23.7 Å². The zero-order valence-corrected chi connectivity index (χ0v) is 10.6. The number of nitrogens with zero attached hydrogens (tertiary/aromatic N) is 1. The molecule has 1 heterocycles. The van der Waals surface area contributed by atoms with E-state index in [1.54, 1.807) is 12.1 Å². The van der Waals surface area contributed by atoms with Crippen LogP contribution in [0.5, 0.6) is 0 Å². The second-order valence-electron chi connectivity index (χ2n) is 4.32. The van der Waals surface area contributed by atoms with E-state index >= 15 is 0 Å². The predicted octanol–water partition coefficient (Wildman–Crippen LogP) is 2.24. The van der Waals surface area contributed by atoms with Crippen molar-refractivity contribution in [1.82, 2.24) is 4.90 Å². The number of morpholine rings is 1. The van der Waals surface area contributed by atoms with Crippen molar-refractivity contribution in [3.05, 3.63) is 34.9 Å². The molecule has 1 aliphatic rings. The maximum absolute atomic E-state index is 12.1. The van der Waals surface area contributed by atoms with E-state index in [4.69, 9.17) is 16.3 Å². The Balaban J connectivity index is 1.99. The molecule has 1 fully saturated rings. The summed E-state index contributed by atoms with van der Waals surface area (Å²) in [5.41, 5.74) is 0.605. The fourth-order valence-corrected chi connectivity index (χ4v) is 2.25. The fourth-order valence-electron chi connectivity index (χ4n) is 2.01. The largest absolute Gasteiger partial charge is 0.376 e. The molecule has 17 heavy (non-hydrogen) atoms. The van der Waals surface area contributed by atoms with Crippen LogP contribution in [0.15, 0.2) is 24.3 Å². The van der Waals surface area contributed by atoms with Crippen molar-refractivity contribution in [3.63, 3.8) is 0 Å². The quantitative estimate of drug-likeness (QED) is 0.774. The van der Waals surface area contributed by atoms with Crippen LogP contribution in [0.3, 0.4) is 0 Å². The highest BCUT2D eigenvalue weighted by molar-refractivity contribution is 6.34. The van der Waals surface area contributed by atoms with Crippen LogP contribution in [-0.2, 0) is 4.74 Å². The van der Waals surface area contributed by atoms with E-state index in [0.29, 0.717) is 23.7 Å². The molecule has 1 aromatic carbocycles. The second kappa shape index (κ2) is 5.63. The van der Waals surface area contributed by atoms with E-state index in [1.807, 2.05) is 19.1 Å². The van der Waals surface area contributed by atoms with Gasteiger partial charge in [0.15, 0.2) is 5.78 Å². The van der Waals surface area contributed by atoms with Gasteiger partial charge in [0.2, 0.25) is 0 Å². The maximum atomic E-state index is 12.1. The number of hydrogen-bond acceptors (Lipinski definition) is 3. The number of carbonyl (C=O) groups excluding carboxylic acids is 1. The van der Waals surface area contributed by atoms with Gasteiger partial charge in [-0.2, -0.15) is 0 Å². The van der Waals surface area contributed by atoms with E-state index < -0.39 is 0 Å². The highest BCUT2D eigenvalue weighted by Gasteiger charge is 2.20. The number of Topliss-reactive ketones (excluding diaryl/α,β-unsaturated/α-hetero) is 1. The van der Waals surface area contributed by atoms with Crippen LogP contribution < -0.4 is 0 Å². The topological polar surface area (TPSA) is 29.5 Å². The second-order valence-corrected chi connectivity index (χ2v) is 4.73. The SMILES string of the molecule is CC1CN(CC(=O)c2ccccc2Cl)CCO1. The predicted molar refractivity (Wildman–Crippen MR) is 67.6 cm³/mol. The highest BCUT2D eigenvalue weighted by Crippen LogP contribution is 2.16. The Morgan fingerprint density at radius 1 is 1.53 bits per heavy atom. The van der Waals surface area contributed by atoms with Gasteiger partial charge in [-0.05, 0) is 19.1 Å². The van der Waals surface area contributed by atoms with Gasteiger partial charge in [-0.15, -0.1) is 0 Å². The third kappa shape index (κ3) is 3.28. The van der Waals surface area contributed by atoms with Gasteiger partial charge in [-0.25, -0.2) is 0 Å². The zero-order valence-electron chi connectivity index (χ0n) is 9.86. The van der Waals surface area contributed by atoms with Gasteiger partial charge in [0.1, 0.15) is 0 Å². The van der Waals surface area contributed by atoms with Gasteiger partial charge in [0, 0.05) is 18.7 Å². The summed E-state index contributed by atoms with van der Waals surface area (Å²) in [6.45, 7) is 4.73. The summed E-state index contributed by atoms with van der Waals surface area (Å²) in [5, 5.41) is 0.527. The van der Waals surface area contributed by atoms with Crippen molar-refractivity contribution in [2.24, 2.45) is 0 Å². The van der Waals surface area contributed by atoms with Crippen LogP contribution in [0.2, 0.25) is 5.02 Å². The Morgan fingerprint density at radius 2 is 2.29 bits per heavy atom. The van der Waals surface area contributed by atoms with Crippen LogP contribution in [0.4, 0.5) is 0 Å². The number of ketones is 1. The van der Waals surface area contributed by atoms with E-state index in [-0.39, 0.29) is 11.9 Å². The first-order valence-electron chi connectivity index (χ1n) is 5.78. The third-order valence-corrected chi connectivity index (χ3v) is 3.20. The normalized spacial score (nSPS) is 21.4. The molecule has 92 valence electrons. The molecule has 0 aliphatic carbocycles. The molecule has 0 spiro atoms. The minimum Gasteiger partial charge on any atom is -0.376 e. The Kier molecular flexibility index (Phi) is 4.15. The van der Waals surface area contributed by atoms with Crippen molar-refractivity contribution in [3.8, 4) is 0 Å². The summed E-state index contributed by atoms with van der Waals surface area (Å²) in [6, 6.07) is 7.18. The standard InChI is InChI=1S/C13H16ClNO2/c1-10-8-15(6-7-17-10)9-13(16)11-4-2-3-5-12(11)14/h2-5,10H,6-9H2,1H3. The molecule has 1 unspecified atom stereocenters. The monoisotopic (exact) mass is 253 g/mol. The maximum Gasteiger partial charge on any atom is 0.178 e. The van der Waals surface area contributed by atoms with Gasteiger partial charge in [0.25, 0.3) is 0 Å². The van der Waals surface area contributed by atoms with Crippen molar-refractivity contribution >= 4 is 17.4 Å². The highest BCUT2D eigenvalue weighted by atomic mass is 35.5. The minimum absolute atomic E-state index is 0.0738. The van der Waals surface area contributed by atoms with Crippen LogP contribution in [0.1, 0.15) is 17.3 Å². The molecule has 0 bridgehead atoms. The van der Waals surface area contributed by atoms with Crippen molar-refractivity contribution in [2.45, 2.75) is 13.0 Å². The summed E-state index contributed by atoms with van der Waals surface area (Å²) >= 11 is 6.00. The number of ether oxygens (including phenoxy) is 1. The Labute approximate surface area is 106 Å². The smallest absolute Gasteiger partial charge is 0.178 e. The molecule has 1 aliphatic heterocycles. The number of carbonyl (C=O) groups is 1. The number of rotatable bonds is 3. The minimum atomic E-state index is 0.0738. The van der Waals surface area contributed by atoms with Gasteiger partial charge in [-0.3, -0.25) is 9.69 Å². The lowest BCUT2D eigenvalue weighted by Gasteiger charge is -2.30. The average Bonchev–Trinajstić information content (AvgIpc) is 2.29. The summed E-state index contributed by atoms with van der Waals surface area (Å²) in [4.78, 5) is 14.2. The van der Waals surface area contributed by atoms with Gasteiger partial charge in [0.05, 0.1) is 24.3 Å². The lowest BCUT2D eigenvalue weighted by Crippen LogP contribution is -2.43. The van der Waals surface area contributed by atoms with E-state index in [1.165, 1.54) is 0 Å². The van der Waals surface area contributed by atoms with Crippen molar-refractivity contribution < 1.29 is 9.53 Å². The molecular weight excluding hydrogens is 238 g/mol. The summed E-state index contributed by atoms with van der Waals surface area (Å²) in [6.07, 6.45) is 0.197. The summed E-state index contributed by atoms with van der Waals surface area (Å²) in [7, 11) is 0. The van der Waals surface area contributed by atoms with Crippen LogP contribution >= 0.6 is 11.6 Å². The van der Waals surface area contributed by atoms with Crippen LogP contribution in [-0.4, -0.2) is 43.0 Å². The first-order valence-corrected chi connectivity index (χ1v) is 6.16. The number of benzene rings is 1. The van der Waals surface area contributed by atoms with Crippen molar-refractivity contribution in [1.29, 1.82) is 0 Å². The molecule has 0 N–H and O–H groups in total. The zero-order chi connectivity index (χ0) is 12.3. The number of halogens is 1. The van der Waals surface area contributed by atoms with E-state index in [0.717, 1.165) is 13.1 Å². The molecule has 0 radical (unpaired) electrons. The molecule has 1 saturated heterocycles. The lowest BCUT2D eigenvalue weighted by atomic mass is 10.1. The Bertz CT molecular complexity index is 408. The van der Waals surface area contributed by atoms with Crippen molar-refractivity contribution in [2.75, 3.05) is 26.2 Å². The summed E-state index contributed by atoms with van der Waals surface area (Å²) < 4.78 is 5.44. The Hall–Kier alpha value is -0.900. The molecule has 2 rings (SSSR count). The average molecular weight is 254 g/mol. The lowest BCUT2D eigenvalue weighted by molar-refractivity contribution is -0.0158. The first kappa shape index (κ1) is 12.6. The molecule has 0 aromatic heterocycles. The molecular formula is C13H16ClNO2. The molecule has 4 heteroatoms. The first-order chi connectivity index (χ1) is 8.16. The molecule has 1 aromatic rings. The van der Waals surface area contributed by atoms with Crippen LogP contribution in [0.25, 0.3) is 0 Å². The fraction of sp³-hybridized carbons (Fsp3) is 0.462. The third-order valence-electron chi connectivity index (χ3n) is 2.87. The number of hydrogen-bond donors (Lipinski definition) is 0. The van der Waals surface area contributed by atoms with Gasteiger partial charge < -0.3 is 4.74 Å². The summed E-state index contributed by atoms with van der Waals surface area (Å²) in [5.74, 6) is 0.0738. The van der Waals surface area contributed by atoms with E-state index in [2.05, 4.69) is 4.90 Å². The van der Waals surface area contributed by atoms with Gasteiger partial charge >= 0.3 is 0 Å². The van der Waals surface area contributed by atoms with E-state index in [9.17, 15) is 4.79 Å². The van der Waals surface area contributed by atoms with Crippen LogP contribution in [0, 0.1) is 0 Å². The molecule has 0 amide bonds. The molecule has 1 atom stereocenters. The molecule has 0 saturated carbocycles. The molecule has 3 nitrogen and oxygen atoms in total.